The zero-order valence-corrected chi connectivity index (χ0v) is 12.7. The fourth-order valence-electron chi connectivity index (χ4n) is 3.35. The van der Waals surface area contributed by atoms with Gasteiger partial charge in [-0.1, -0.05) is 31.2 Å². The third kappa shape index (κ3) is 2.90. The van der Waals surface area contributed by atoms with Crippen molar-refractivity contribution in [3.8, 4) is 0 Å². The Bertz CT molecular complexity index is 472. The van der Waals surface area contributed by atoms with Gasteiger partial charge in [-0.3, -0.25) is 0 Å². The second-order valence-electron chi connectivity index (χ2n) is 6.52. The summed E-state index contributed by atoms with van der Waals surface area (Å²) < 4.78 is 11.5. The highest BCUT2D eigenvalue weighted by Crippen LogP contribution is 2.37. The molecule has 3 rings (SSSR count). The Morgan fingerprint density at radius 1 is 1.20 bits per heavy atom. The van der Waals surface area contributed by atoms with Gasteiger partial charge in [0.1, 0.15) is 0 Å². The summed E-state index contributed by atoms with van der Waals surface area (Å²) in [7, 11) is 0. The summed E-state index contributed by atoms with van der Waals surface area (Å²) in [6.07, 6.45) is 2.62. The maximum absolute atomic E-state index is 5.86. The summed E-state index contributed by atoms with van der Waals surface area (Å²) in [4.78, 5) is 0. The van der Waals surface area contributed by atoms with Gasteiger partial charge in [0.2, 0.25) is 0 Å². The molecule has 1 N–H and O–H groups in total. The Morgan fingerprint density at radius 2 is 1.95 bits per heavy atom. The summed E-state index contributed by atoms with van der Waals surface area (Å²) in [5.41, 5.74) is 2.96. The standard InChI is InChI=1S/C17H25NO2/c1-12-8-9-16(15-7-5-4-6-14(12)15)18-10-13-11-19-17(2,3)20-13/h4-7,12-13,16,18H,8-11H2,1-3H3. The van der Waals surface area contributed by atoms with E-state index in [1.165, 1.54) is 24.0 Å². The molecule has 0 spiro atoms. The molecule has 3 atom stereocenters. The average molecular weight is 275 g/mol. The molecule has 0 saturated carbocycles. The van der Waals surface area contributed by atoms with Crippen LogP contribution in [0.4, 0.5) is 0 Å². The third-order valence-electron chi connectivity index (χ3n) is 4.45. The van der Waals surface area contributed by atoms with Gasteiger partial charge in [-0.15, -0.1) is 0 Å². The van der Waals surface area contributed by atoms with Gasteiger partial charge in [0.15, 0.2) is 5.79 Å². The Labute approximate surface area is 121 Å². The van der Waals surface area contributed by atoms with E-state index in [2.05, 4.69) is 36.5 Å². The van der Waals surface area contributed by atoms with Crippen LogP contribution in [0.25, 0.3) is 0 Å². The van der Waals surface area contributed by atoms with Crippen molar-refractivity contribution in [2.75, 3.05) is 13.2 Å². The Hall–Kier alpha value is -0.900. The van der Waals surface area contributed by atoms with E-state index in [9.17, 15) is 0 Å². The monoisotopic (exact) mass is 275 g/mol. The Morgan fingerprint density at radius 3 is 2.65 bits per heavy atom. The van der Waals surface area contributed by atoms with Crippen molar-refractivity contribution in [2.24, 2.45) is 0 Å². The van der Waals surface area contributed by atoms with E-state index in [-0.39, 0.29) is 6.10 Å². The van der Waals surface area contributed by atoms with Crippen molar-refractivity contribution in [1.82, 2.24) is 5.32 Å². The van der Waals surface area contributed by atoms with Crippen LogP contribution in [-0.4, -0.2) is 25.0 Å². The van der Waals surface area contributed by atoms with Crippen molar-refractivity contribution in [1.29, 1.82) is 0 Å². The molecule has 3 unspecified atom stereocenters. The number of rotatable bonds is 3. The zero-order valence-electron chi connectivity index (χ0n) is 12.7. The number of hydrogen-bond donors (Lipinski definition) is 1. The molecule has 0 amide bonds. The quantitative estimate of drug-likeness (QED) is 0.917. The number of fused-ring (bicyclic) bond motifs is 1. The number of ether oxygens (including phenoxy) is 2. The molecule has 3 heteroatoms. The van der Waals surface area contributed by atoms with Gasteiger partial charge in [-0.25, -0.2) is 0 Å². The lowest BCUT2D eigenvalue weighted by Gasteiger charge is -2.31. The number of hydrogen-bond acceptors (Lipinski definition) is 3. The average Bonchev–Trinajstić information content (AvgIpc) is 2.78. The molecule has 110 valence electrons. The summed E-state index contributed by atoms with van der Waals surface area (Å²) in [6, 6.07) is 9.28. The molecule has 20 heavy (non-hydrogen) atoms. The maximum Gasteiger partial charge on any atom is 0.163 e. The first kappa shape index (κ1) is 14.1. The molecule has 0 aromatic heterocycles. The van der Waals surface area contributed by atoms with Gasteiger partial charge in [0.25, 0.3) is 0 Å². The molecule has 1 aliphatic carbocycles. The number of nitrogens with one attached hydrogen (secondary N) is 1. The minimum Gasteiger partial charge on any atom is -0.348 e. The molecular formula is C17H25NO2. The van der Waals surface area contributed by atoms with E-state index in [1.54, 1.807) is 0 Å². The minimum atomic E-state index is -0.425. The third-order valence-corrected chi connectivity index (χ3v) is 4.45. The van der Waals surface area contributed by atoms with Crippen LogP contribution in [0.2, 0.25) is 0 Å². The molecule has 0 radical (unpaired) electrons. The second kappa shape index (κ2) is 5.47. The van der Waals surface area contributed by atoms with Crippen LogP contribution in [-0.2, 0) is 9.47 Å². The van der Waals surface area contributed by atoms with Gasteiger partial charge in [-0.2, -0.15) is 0 Å². The normalized spacial score (nSPS) is 32.0. The molecule has 3 nitrogen and oxygen atoms in total. The highest BCUT2D eigenvalue weighted by molar-refractivity contribution is 5.34. The van der Waals surface area contributed by atoms with Gasteiger partial charge in [0.05, 0.1) is 12.7 Å². The Kier molecular flexibility index (Phi) is 3.85. The number of benzene rings is 1. The second-order valence-corrected chi connectivity index (χ2v) is 6.52. The minimum absolute atomic E-state index is 0.163. The fraction of sp³-hybridized carbons (Fsp3) is 0.647. The molecule has 0 bridgehead atoms. The van der Waals surface area contributed by atoms with Crippen molar-refractivity contribution in [3.63, 3.8) is 0 Å². The van der Waals surface area contributed by atoms with Gasteiger partial charge >= 0.3 is 0 Å². The van der Waals surface area contributed by atoms with Gasteiger partial charge in [-0.05, 0) is 43.7 Å². The molecule has 1 saturated heterocycles. The lowest BCUT2D eigenvalue weighted by atomic mass is 9.81. The first-order chi connectivity index (χ1) is 9.55. The van der Waals surface area contributed by atoms with Crippen LogP contribution >= 0.6 is 0 Å². The topological polar surface area (TPSA) is 30.5 Å². The smallest absolute Gasteiger partial charge is 0.163 e. The van der Waals surface area contributed by atoms with Crippen molar-refractivity contribution >= 4 is 0 Å². The van der Waals surface area contributed by atoms with E-state index >= 15 is 0 Å². The molecule has 1 aromatic carbocycles. The predicted molar refractivity (Wildman–Crippen MR) is 79.7 cm³/mol. The summed E-state index contributed by atoms with van der Waals surface area (Å²) in [6.45, 7) is 7.82. The highest BCUT2D eigenvalue weighted by Gasteiger charge is 2.33. The lowest BCUT2D eigenvalue weighted by Crippen LogP contribution is -2.34. The maximum atomic E-state index is 5.86. The van der Waals surface area contributed by atoms with E-state index in [1.807, 2.05) is 13.8 Å². The lowest BCUT2D eigenvalue weighted by molar-refractivity contribution is -0.137. The molecule has 1 heterocycles. The molecule has 1 fully saturated rings. The molecule has 1 aromatic rings. The van der Waals surface area contributed by atoms with Gasteiger partial charge < -0.3 is 14.8 Å². The SMILES string of the molecule is CC1CCC(NCC2COC(C)(C)O2)c2ccccc21. The van der Waals surface area contributed by atoms with Crippen LogP contribution in [0.1, 0.15) is 56.7 Å². The van der Waals surface area contributed by atoms with Crippen LogP contribution in [0.3, 0.4) is 0 Å². The van der Waals surface area contributed by atoms with Crippen LogP contribution in [0, 0.1) is 0 Å². The van der Waals surface area contributed by atoms with Gasteiger partial charge in [0, 0.05) is 12.6 Å². The molecule has 1 aliphatic heterocycles. The first-order valence-electron chi connectivity index (χ1n) is 7.69. The van der Waals surface area contributed by atoms with Crippen LogP contribution < -0.4 is 5.32 Å². The highest BCUT2D eigenvalue weighted by atomic mass is 16.7. The summed E-state index contributed by atoms with van der Waals surface area (Å²) in [5.74, 6) is 0.250. The molecule has 2 aliphatic rings. The van der Waals surface area contributed by atoms with Crippen molar-refractivity contribution in [3.05, 3.63) is 35.4 Å². The summed E-state index contributed by atoms with van der Waals surface area (Å²) in [5, 5.41) is 3.67. The van der Waals surface area contributed by atoms with E-state index in [4.69, 9.17) is 9.47 Å². The fourth-order valence-corrected chi connectivity index (χ4v) is 3.35. The molecular weight excluding hydrogens is 250 g/mol. The summed E-state index contributed by atoms with van der Waals surface area (Å²) >= 11 is 0. The zero-order chi connectivity index (χ0) is 14.2. The van der Waals surface area contributed by atoms with Crippen LogP contribution in [0.15, 0.2) is 24.3 Å². The van der Waals surface area contributed by atoms with Crippen LogP contribution in [0.5, 0.6) is 0 Å². The predicted octanol–water partition coefficient (Wildman–Crippen LogP) is 3.37. The van der Waals surface area contributed by atoms with E-state index < -0.39 is 5.79 Å². The van der Waals surface area contributed by atoms with Crippen molar-refractivity contribution in [2.45, 2.75) is 57.5 Å². The van der Waals surface area contributed by atoms with E-state index in [0.29, 0.717) is 18.6 Å². The van der Waals surface area contributed by atoms with Crippen molar-refractivity contribution < 1.29 is 9.47 Å². The largest absolute Gasteiger partial charge is 0.348 e. The first-order valence-corrected chi connectivity index (χ1v) is 7.69. The Balaban J connectivity index is 1.63. The van der Waals surface area contributed by atoms with E-state index in [0.717, 1.165) is 6.54 Å².